The summed E-state index contributed by atoms with van der Waals surface area (Å²) in [7, 11) is 1.24. The Hall–Kier alpha value is -2.33. The molecule has 0 bridgehead atoms. The largest absolute Gasteiger partial charge is 0.496 e. The fourth-order valence-corrected chi connectivity index (χ4v) is 1.80. The predicted molar refractivity (Wildman–Crippen MR) is 68.7 cm³/mol. The van der Waals surface area contributed by atoms with Gasteiger partial charge in [0.1, 0.15) is 11.8 Å². The van der Waals surface area contributed by atoms with E-state index in [1.807, 2.05) is 6.07 Å². The molecule has 0 atom stereocenters. The van der Waals surface area contributed by atoms with Crippen LogP contribution in [0.25, 0.3) is 11.3 Å². The maximum atomic E-state index is 12.7. The summed E-state index contributed by atoms with van der Waals surface area (Å²) in [5.74, 6) is -0.0228. The van der Waals surface area contributed by atoms with Crippen LogP contribution in [0.15, 0.2) is 24.3 Å². The summed E-state index contributed by atoms with van der Waals surface area (Å²) in [5, 5.41) is 16.2. The molecule has 0 amide bonds. The molecule has 1 heterocycles. The Bertz CT molecular complexity index is 726. The van der Waals surface area contributed by atoms with E-state index in [-0.39, 0.29) is 27.7 Å². The number of benzene rings is 1. The minimum Gasteiger partial charge on any atom is -0.496 e. The molecule has 1 aromatic carbocycles. The standard InChI is InChI=1S/C13H7ClF3N3O/c1-21-11-5-8(13(15,16)17)2-3-9(11)10-4-7(6-18)12(14)20-19-10/h2-5H,1H3. The molecule has 0 unspecified atom stereocenters. The molecule has 2 rings (SSSR count). The summed E-state index contributed by atoms with van der Waals surface area (Å²) >= 11 is 5.67. The molecular weight excluding hydrogens is 307 g/mol. The van der Waals surface area contributed by atoms with Gasteiger partial charge in [-0.2, -0.15) is 18.4 Å². The molecule has 4 nitrogen and oxygen atoms in total. The first kappa shape index (κ1) is 15.1. The number of nitrogens with zero attached hydrogens (tertiary/aromatic N) is 3. The highest BCUT2D eigenvalue weighted by Gasteiger charge is 2.31. The zero-order valence-electron chi connectivity index (χ0n) is 10.6. The van der Waals surface area contributed by atoms with E-state index >= 15 is 0 Å². The van der Waals surface area contributed by atoms with E-state index in [9.17, 15) is 13.2 Å². The molecule has 0 spiro atoms. The van der Waals surface area contributed by atoms with Crippen LogP contribution in [0.2, 0.25) is 5.15 Å². The lowest BCUT2D eigenvalue weighted by Gasteiger charge is -2.12. The minimum absolute atomic E-state index is 0.0228. The van der Waals surface area contributed by atoms with Gasteiger partial charge in [-0.25, -0.2) is 0 Å². The number of nitriles is 1. The van der Waals surface area contributed by atoms with Crippen LogP contribution in [0, 0.1) is 11.3 Å². The van der Waals surface area contributed by atoms with E-state index in [2.05, 4.69) is 10.2 Å². The molecule has 108 valence electrons. The van der Waals surface area contributed by atoms with Crippen molar-refractivity contribution < 1.29 is 17.9 Å². The molecule has 0 aliphatic heterocycles. The molecule has 8 heteroatoms. The Balaban J connectivity index is 2.57. The van der Waals surface area contributed by atoms with Gasteiger partial charge in [0.25, 0.3) is 0 Å². The molecule has 0 radical (unpaired) electrons. The fraction of sp³-hybridized carbons (Fsp3) is 0.154. The molecule has 21 heavy (non-hydrogen) atoms. The van der Waals surface area contributed by atoms with E-state index in [4.69, 9.17) is 21.6 Å². The molecule has 2 aromatic rings. The predicted octanol–water partition coefficient (Wildman–Crippen LogP) is 3.70. The summed E-state index contributed by atoms with van der Waals surface area (Å²) in [5.41, 5.74) is -0.290. The van der Waals surface area contributed by atoms with Crippen LogP contribution < -0.4 is 4.74 Å². The average molecular weight is 314 g/mol. The van der Waals surface area contributed by atoms with Crippen LogP contribution in [0.5, 0.6) is 5.75 Å². The average Bonchev–Trinajstić information content (AvgIpc) is 2.46. The second-order valence-electron chi connectivity index (χ2n) is 3.96. The Morgan fingerprint density at radius 3 is 2.52 bits per heavy atom. The molecular formula is C13H7ClF3N3O. The second-order valence-corrected chi connectivity index (χ2v) is 4.32. The normalized spacial score (nSPS) is 11.0. The van der Waals surface area contributed by atoms with Crippen LogP contribution in [0.3, 0.4) is 0 Å². The van der Waals surface area contributed by atoms with Crippen molar-refractivity contribution in [1.82, 2.24) is 10.2 Å². The maximum Gasteiger partial charge on any atom is 0.416 e. The van der Waals surface area contributed by atoms with Crippen LogP contribution in [-0.4, -0.2) is 17.3 Å². The van der Waals surface area contributed by atoms with Gasteiger partial charge in [-0.05, 0) is 24.3 Å². The molecule has 1 aromatic heterocycles. The van der Waals surface area contributed by atoms with Crippen molar-refractivity contribution >= 4 is 11.6 Å². The van der Waals surface area contributed by atoms with E-state index in [0.29, 0.717) is 0 Å². The lowest BCUT2D eigenvalue weighted by Crippen LogP contribution is -2.05. The molecule has 0 N–H and O–H groups in total. The fourth-order valence-electron chi connectivity index (χ4n) is 1.67. The van der Waals surface area contributed by atoms with Gasteiger partial charge < -0.3 is 4.74 Å². The van der Waals surface area contributed by atoms with Gasteiger partial charge in [0.15, 0.2) is 5.15 Å². The highest BCUT2D eigenvalue weighted by atomic mass is 35.5. The van der Waals surface area contributed by atoms with Gasteiger partial charge in [-0.1, -0.05) is 11.6 Å². The van der Waals surface area contributed by atoms with Crippen molar-refractivity contribution in [3.05, 3.63) is 40.5 Å². The number of ether oxygens (including phenoxy) is 1. The summed E-state index contributed by atoms with van der Waals surface area (Å²) in [4.78, 5) is 0. The number of aromatic nitrogens is 2. The third-order valence-electron chi connectivity index (χ3n) is 2.67. The van der Waals surface area contributed by atoms with Gasteiger partial charge in [0, 0.05) is 5.56 Å². The lowest BCUT2D eigenvalue weighted by atomic mass is 10.1. The van der Waals surface area contributed by atoms with Gasteiger partial charge >= 0.3 is 6.18 Å². The topological polar surface area (TPSA) is 58.8 Å². The number of halogens is 4. The first-order valence-corrected chi connectivity index (χ1v) is 5.93. The zero-order chi connectivity index (χ0) is 15.6. The van der Waals surface area contributed by atoms with Gasteiger partial charge in [0.05, 0.1) is 23.9 Å². The highest BCUT2D eigenvalue weighted by molar-refractivity contribution is 6.30. The maximum absolute atomic E-state index is 12.7. The first-order valence-electron chi connectivity index (χ1n) is 5.55. The van der Waals surface area contributed by atoms with Crippen molar-refractivity contribution in [3.8, 4) is 23.1 Å². The summed E-state index contributed by atoms with van der Waals surface area (Å²) in [6.07, 6.45) is -4.48. The number of rotatable bonds is 2. The number of hydrogen-bond acceptors (Lipinski definition) is 4. The van der Waals surface area contributed by atoms with Crippen LogP contribution in [0.1, 0.15) is 11.1 Å². The summed E-state index contributed by atoms with van der Waals surface area (Å²) < 4.78 is 43.0. The molecule has 0 saturated carbocycles. The molecule has 0 aliphatic carbocycles. The molecule has 0 fully saturated rings. The van der Waals surface area contributed by atoms with Gasteiger partial charge in [0.2, 0.25) is 0 Å². The summed E-state index contributed by atoms with van der Waals surface area (Å²) in [6.45, 7) is 0. The van der Waals surface area contributed by atoms with Crippen LogP contribution >= 0.6 is 11.6 Å². The minimum atomic E-state index is -4.48. The van der Waals surface area contributed by atoms with Crippen molar-refractivity contribution in [2.45, 2.75) is 6.18 Å². The Morgan fingerprint density at radius 1 is 1.24 bits per heavy atom. The number of methoxy groups -OCH3 is 1. The van der Waals surface area contributed by atoms with E-state index in [1.165, 1.54) is 19.2 Å². The smallest absolute Gasteiger partial charge is 0.416 e. The van der Waals surface area contributed by atoms with Crippen molar-refractivity contribution in [3.63, 3.8) is 0 Å². The Morgan fingerprint density at radius 2 is 1.95 bits per heavy atom. The third-order valence-corrected chi connectivity index (χ3v) is 2.95. The SMILES string of the molecule is COc1cc(C(F)(F)F)ccc1-c1cc(C#N)c(Cl)nn1. The van der Waals surface area contributed by atoms with Gasteiger partial charge in [-0.3, -0.25) is 0 Å². The van der Waals surface area contributed by atoms with Crippen molar-refractivity contribution in [2.24, 2.45) is 0 Å². The molecule has 0 aliphatic rings. The van der Waals surface area contributed by atoms with E-state index in [0.717, 1.165) is 12.1 Å². The highest BCUT2D eigenvalue weighted by Crippen LogP contribution is 2.36. The number of alkyl halides is 3. The zero-order valence-corrected chi connectivity index (χ0v) is 11.3. The van der Waals surface area contributed by atoms with E-state index in [1.54, 1.807) is 0 Å². The Labute approximate surface area is 122 Å². The van der Waals surface area contributed by atoms with Gasteiger partial charge in [-0.15, -0.1) is 10.2 Å². The number of hydrogen-bond donors (Lipinski definition) is 0. The summed E-state index contributed by atoms with van der Waals surface area (Å²) in [6, 6.07) is 6.13. The van der Waals surface area contributed by atoms with Crippen LogP contribution in [-0.2, 0) is 6.18 Å². The quantitative estimate of drug-likeness (QED) is 0.848. The second kappa shape index (κ2) is 5.58. The van der Waals surface area contributed by atoms with E-state index < -0.39 is 11.7 Å². The van der Waals surface area contributed by atoms with Crippen molar-refractivity contribution in [1.29, 1.82) is 5.26 Å². The lowest BCUT2D eigenvalue weighted by molar-refractivity contribution is -0.137. The monoisotopic (exact) mass is 313 g/mol. The van der Waals surface area contributed by atoms with Crippen LogP contribution in [0.4, 0.5) is 13.2 Å². The third kappa shape index (κ3) is 3.06. The Kier molecular flexibility index (Phi) is 4.00. The van der Waals surface area contributed by atoms with Crippen molar-refractivity contribution in [2.75, 3.05) is 7.11 Å². The molecule has 0 saturated heterocycles. The first-order chi connectivity index (χ1) is 9.86.